The number of fused-ring (bicyclic) bond motifs is 1. The van der Waals surface area contributed by atoms with Gasteiger partial charge in [0.2, 0.25) is 0 Å². The van der Waals surface area contributed by atoms with E-state index in [1.165, 1.54) is 0 Å². The van der Waals surface area contributed by atoms with Gasteiger partial charge in [-0.3, -0.25) is 0 Å². The summed E-state index contributed by atoms with van der Waals surface area (Å²) in [6.45, 7) is 0. The van der Waals surface area contributed by atoms with Crippen molar-refractivity contribution in [2.75, 3.05) is 0 Å². The third-order valence-corrected chi connectivity index (χ3v) is 1.28. The highest BCUT2D eigenvalue weighted by atomic mass is 15.5. The fourth-order valence-corrected chi connectivity index (χ4v) is 0.826. The SMILES string of the molecule is [C]1=NC2=CC=CNN2C=C1. The zero-order valence-corrected chi connectivity index (χ0v) is 5.28. The van der Waals surface area contributed by atoms with Crippen LogP contribution in [0.1, 0.15) is 0 Å². The number of nitrogens with zero attached hydrogens (tertiary/aromatic N) is 2. The Morgan fingerprint density at radius 2 is 2.60 bits per heavy atom. The average molecular weight is 132 g/mol. The Labute approximate surface area is 59.0 Å². The van der Waals surface area contributed by atoms with E-state index in [1.54, 1.807) is 6.08 Å². The van der Waals surface area contributed by atoms with E-state index >= 15 is 0 Å². The number of allylic oxidation sites excluding steroid dienone is 3. The van der Waals surface area contributed by atoms with E-state index in [2.05, 4.69) is 16.6 Å². The monoisotopic (exact) mass is 132 g/mol. The number of rotatable bonds is 0. The molecule has 3 heteroatoms. The predicted octanol–water partition coefficient (Wildman–Crippen LogP) is 0.637. The van der Waals surface area contributed by atoms with E-state index < -0.39 is 0 Å². The average Bonchev–Trinajstić information content (AvgIpc) is 2.05. The summed E-state index contributed by atoms with van der Waals surface area (Å²) >= 11 is 0. The Morgan fingerprint density at radius 1 is 1.60 bits per heavy atom. The van der Waals surface area contributed by atoms with Gasteiger partial charge in [-0.2, -0.15) is 0 Å². The lowest BCUT2D eigenvalue weighted by atomic mass is 10.4. The highest BCUT2D eigenvalue weighted by Gasteiger charge is 2.06. The normalized spacial score (nSPS) is 20.0. The van der Waals surface area contributed by atoms with Crippen LogP contribution in [0, 0.1) is 0 Å². The molecule has 49 valence electrons. The quantitative estimate of drug-likeness (QED) is 0.523. The summed E-state index contributed by atoms with van der Waals surface area (Å²) in [4.78, 5) is 3.99. The Kier molecular flexibility index (Phi) is 1.07. The lowest BCUT2D eigenvalue weighted by molar-refractivity contribution is 0.385. The Bertz CT molecular complexity index is 248. The van der Waals surface area contributed by atoms with Crippen LogP contribution in [0.25, 0.3) is 0 Å². The van der Waals surface area contributed by atoms with Crippen molar-refractivity contribution in [1.82, 2.24) is 10.4 Å². The molecule has 0 saturated heterocycles. The molecule has 1 radical (unpaired) electrons. The van der Waals surface area contributed by atoms with Gasteiger partial charge in [0, 0.05) is 12.4 Å². The maximum absolute atomic E-state index is 3.99. The van der Waals surface area contributed by atoms with Gasteiger partial charge in [-0.05, 0) is 18.2 Å². The van der Waals surface area contributed by atoms with Gasteiger partial charge in [-0.15, -0.1) is 0 Å². The van der Waals surface area contributed by atoms with E-state index in [9.17, 15) is 0 Å². The van der Waals surface area contributed by atoms with Crippen molar-refractivity contribution >= 4 is 6.21 Å². The molecule has 0 aromatic rings. The first-order chi connectivity index (χ1) is 4.97. The van der Waals surface area contributed by atoms with Gasteiger partial charge in [0.05, 0.1) is 6.21 Å². The minimum atomic E-state index is 0.866. The molecule has 0 saturated carbocycles. The lowest BCUT2D eigenvalue weighted by Gasteiger charge is -2.23. The molecule has 2 heterocycles. The molecule has 2 aliphatic heterocycles. The van der Waals surface area contributed by atoms with Gasteiger partial charge in [-0.25, -0.2) is 10.0 Å². The van der Waals surface area contributed by atoms with E-state index in [1.807, 2.05) is 29.6 Å². The summed E-state index contributed by atoms with van der Waals surface area (Å²) in [6, 6.07) is 0. The number of hydrazine groups is 1. The number of hydrogen-bond donors (Lipinski definition) is 1. The third kappa shape index (κ3) is 0.719. The van der Waals surface area contributed by atoms with Crippen LogP contribution >= 0.6 is 0 Å². The molecule has 0 amide bonds. The summed E-state index contributed by atoms with van der Waals surface area (Å²) < 4.78 is 0. The van der Waals surface area contributed by atoms with Gasteiger partial charge >= 0.3 is 0 Å². The van der Waals surface area contributed by atoms with Gasteiger partial charge in [-0.1, -0.05) is 0 Å². The molecule has 0 spiro atoms. The zero-order valence-electron chi connectivity index (χ0n) is 5.28. The van der Waals surface area contributed by atoms with Crippen LogP contribution in [0.3, 0.4) is 0 Å². The lowest BCUT2D eigenvalue weighted by Crippen LogP contribution is -2.30. The van der Waals surface area contributed by atoms with Crippen molar-refractivity contribution < 1.29 is 0 Å². The van der Waals surface area contributed by atoms with Crippen molar-refractivity contribution in [2.45, 2.75) is 0 Å². The first kappa shape index (κ1) is 5.29. The molecule has 0 aromatic heterocycles. The minimum Gasteiger partial charge on any atom is -0.300 e. The second-order valence-corrected chi connectivity index (χ2v) is 1.94. The van der Waals surface area contributed by atoms with E-state index in [4.69, 9.17) is 0 Å². The number of hydrogen-bond acceptors (Lipinski definition) is 3. The maximum Gasteiger partial charge on any atom is 0.151 e. The molecule has 2 aliphatic rings. The van der Waals surface area contributed by atoms with Crippen molar-refractivity contribution in [3.63, 3.8) is 0 Å². The fraction of sp³-hybridized carbons (Fsp3) is 0. The molecule has 0 atom stereocenters. The molecular formula is C7H6N3. The molecule has 0 fully saturated rings. The van der Waals surface area contributed by atoms with Crippen LogP contribution < -0.4 is 5.43 Å². The van der Waals surface area contributed by atoms with Gasteiger partial charge < -0.3 is 5.43 Å². The molecule has 0 aromatic carbocycles. The molecular weight excluding hydrogens is 126 g/mol. The molecule has 1 N–H and O–H groups in total. The summed E-state index contributed by atoms with van der Waals surface area (Å²) in [7, 11) is 0. The van der Waals surface area contributed by atoms with Crippen molar-refractivity contribution in [3.05, 3.63) is 36.4 Å². The zero-order chi connectivity index (χ0) is 6.81. The molecule has 3 nitrogen and oxygen atoms in total. The second kappa shape index (κ2) is 2.02. The van der Waals surface area contributed by atoms with Crippen molar-refractivity contribution in [3.8, 4) is 0 Å². The van der Waals surface area contributed by atoms with Crippen LogP contribution in [-0.2, 0) is 0 Å². The molecule has 0 unspecified atom stereocenters. The number of nitrogens with one attached hydrogen (secondary N) is 1. The molecule has 0 aliphatic carbocycles. The fourth-order valence-electron chi connectivity index (χ4n) is 0.826. The minimum absolute atomic E-state index is 0.866. The maximum atomic E-state index is 3.99. The molecule has 10 heavy (non-hydrogen) atoms. The Hall–Kier alpha value is -1.51. The standard InChI is InChI=1S/C7H6N3/c1-3-7-8-4-2-6-10(7)9-5-1/h1-3,5-6,9H. The second-order valence-electron chi connectivity index (χ2n) is 1.94. The van der Waals surface area contributed by atoms with E-state index in [0.717, 1.165) is 5.82 Å². The summed E-state index contributed by atoms with van der Waals surface area (Å²) in [5.74, 6) is 0.866. The van der Waals surface area contributed by atoms with Crippen LogP contribution in [0.15, 0.2) is 41.4 Å². The highest BCUT2D eigenvalue weighted by molar-refractivity contribution is 5.73. The summed E-state index contributed by atoms with van der Waals surface area (Å²) in [6.07, 6.45) is 12.0. The van der Waals surface area contributed by atoms with E-state index in [-0.39, 0.29) is 0 Å². The van der Waals surface area contributed by atoms with Crippen LogP contribution in [-0.4, -0.2) is 11.2 Å². The van der Waals surface area contributed by atoms with Crippen molar-refractivity contribution in [2.24, 2.45) is 4.99 Å². The Balaban J connectivity index is 2.34. The van der Waals surface area contributed by atoms with Crippen LogP contribution in [0.2, 0.25) is 0 Å². The molecule has 2 rings (SSSR count). The van der Waals surface area contributed by atoms with Gasteiger partial charge in [0.1, 0.15) is 0 Å². The molecule has 0 bridgehead atoms. The highest BCUT2D eigenvalue weighted by Crippen LogP contribution is 2.09. The number of aliphatic imine (C=N–C) groups is 1. The van der Waals surface area contributed by atoms with Crippen molar-refractivity contribution in [1.29, 1.82) is 0 Å². The third-order valence-electron chi connectivity index (χ3n) is 1.28. The summed E-state index contributed by atoms with van der Waals surface area (Å²) in [5.41, 5.74) is 2.98. The predicted molar refractivity (Wildman–Crippen MR) is 38.8 cm³/mol. The summed E-state index contributed by atoms with van der Waals surface area (Å²) in [5, 5.41) is 1.82. The first-order valence-corrected chi connectivity index (χ1v) is 3.02. The van der Waals surface area contributed by atoms with Crippen LogP contribution in [0.4, 0.5) is 0 Å². The van der Waals surface area contributed by atoms with Gasteiger partial charge in [0.25, 0.3) is 0 Å². The largest absolute Gasteiger partial charge is 0.300 e. The smallest absolute Gasteiger partial charge is 0.151 e. The van der Waals surface area contributed by atoms with Crippen LogP contribution in [0.5, 0.6) is 0 Å². The van der Waals surface area contributed by atoms with Gasteiger partial charge in [0.15, 0.2) is 5.82 Å². The first-order valence-electron chi connectivity index (χ1n) is 3.02. The van der Waals surface area contributed by atoms with E-state index in [0.29, 0.717) is 0 Å². The Morgan fingerprint density at radius 3 is 3.50 bits per heavy atom. The topological polar surface area (TPSA) is 27.6 Å².